The van der Waals surface area contributed by atoms with E-state index in [1.807, 2.05) is 30.3 Å². The van der Waals surface area contributed by atoms with E-state index in [4.69, 9.17) is 0 Å². The molecule has 7 nitrogen and oxygen atoms in total. The maximum absolute atomic E-state index is 13.2. The molecule has 1 aromatic carbocycles. The fourth-order valence-electron chi connectivity index (χ4n) is 4.51. The fourth-order valence-corrected chi connectivity index (χ4v) is 4.51. The molecule has 0 radical (unpaired) electrons. The van der Waals surface area contributed by atoms with Gasteiger partial charge in [0.25, 0.3) is 5.91 Å². The van der Waals surface area contributed by atoms with Crippen molar-refractivity contribution in [2.45, 2.75) is 57.8 Å². The smallest absolute Gasteiger partial charge is 0.268 e. The zero-order chi connectivity index (χ0) is 19.0. The molecule has 0 spiro atoms. The molecule has 1 saturated carbocycles. The summed E-state index contributed by atoms with van der Waals surface area (Å²) in [7, 11) is 0. The van der Waals surface area contributed by atoms with Crippen molar-refractivity contribution in [2.24, 2.45) is 11.0 Å². The minimum Gasteiger partial charge on any atom is -0.325 e. The van der Waals surface area contributed by atoms with E-state index in [1.54, 1.807) is 4.90 Å². The Morgan fingerprint density at radius 3 is 2.63 bits per heavy atom. The number of carbonyl (C=O) groups excluding carboxylic acids is 2. The molecule has 3 atom stereocenters. The number of nitrogens with one attached hydrogen (secondary N) is 2. The summed E-state index contributed by atoms with van der Waals surface area (Å²) in [5.41, 5.74) is 3.77. The van der Waals surface area contributed by atoms with Crippen molar-refractivity contribution in [3.05, 3.63) is 30.3 Å². The van der Waals surface area contributed by atoms with Gasteiger partial charge < -0.3 is 15.1 Å². The van der Waals surface area contributed by atoms with Crippen LogP contribution >= 0.6 is 0 Å². The van der Waals surface area contributed by atoms with Crippen LogP contribution in [0, 0.1) is 5.92 Å². The van der Waals surface area contributed by atoms with Crippen LogP contribution in [0.2, 0.25) is 0 Å². The summed E-state index contributed by atoms with van der Waals surface area (Å²) < 4.78 is 0. The predicted octanol–water partition coefficient (Wildman–Crippen LogP) is 1.98. The van der Waals surface area contributed by atoms with Gasteiger partial charge in [-0.15, -0.1) is 0 Å². The first-order valence-electron chi connectivity index (χ1n) is 9.83. The van der Waals surface area contributed by atoms with Crippen molar-refractivity contribution in [2.75, 3.05) is 11.9 Å². The number of hydrogen-bond acceptors (Lipinski definition) is 5. The molecule has 3 unspecified atom stereocenters. The maximum Gasteiger partial charge on any atom is 0.268 e. The van der Waals surface area contributed by atoms with Crippen LogP contribution in [0.15, 0.2) is 35.4 Å². The van der Waals surface area contributed by atoms with Crippen molar-refractivity contribution in [3.63, 3.8) is 0 Å². The van der Waals surface area contributed by atoms with E-state index in [0.717, 1.165) is 37.2 Å². The summed E-state index contributed by atoms with van der Waals surface area (Å²) in [4.78, 5) is 29.7. The molecular formula is C20H27N5O2. The summed E-state index contributed by atoms with van der Waals surface area (Å²) in [5, 5.41) is 7.34. The monoisotopic (exact) mass is 369 g/mol. The van der Waals surface area contributed by atoms with Crippen molar-refractivity contribution >= 4 is 23.3 Å². The number of benzene rings is 1. The standard InChI is InChI=1S/C20H27N5O2/c1-13(2)18-22-23-19-20(27)24(15-10-6-7-11-16(15)25(18)19)12-17(26)21-14-8-4-3-5-9-14/h3-5,8-9,13,15-16,19,23H,6-7,10-12H2,1-2H3,(H,21,26). The Labute approximate surface area is 159 Å². The molecular weight excluding hydrogens is 342 g/mol. The Kier molecular flexibility index (Phi) is 4.76. The van der Waals surface area contributed by atoms with Crippen molar-refractivity contribution in [3.8, 4) is 0 Å². The van der Waals surface area contributed by atoms with Crippen molar-refractivity contribution in [1.82, 2.24) is 15.2 Å². The zero-order valence-corrected chi connectivity index (χ0v) is 15.9. The number of anilines is 1. The summed E-state index contributed by atoms with van der Waals surface area (Å²) in [6.07, 6.45) is 3.72. The normalized spacial score (nSPS) is 27.0. The lowest BCUT2D eigenvalue weighted by atomic mass is 9.85. The molecule has 3 aliphatic rings. The third-order valence-corrected chi connectivity index (χ3v) is 5.70. The maximum atomic E-state index is 13.2. The van der Waals surface area contributed by atoms with Gasteiger partial charge in [0.05, 0.1) is 12.1 Å². The third-order valence-electron chi connectivity index (χ3n) is 5.70. The largest absolute Gasteiger partial charge is 0.325 e. The first-order valence-corrected chi connectivity index (χ1v) is 9.83. The van der Waals surface area contributed by atoms with Gasteiger partial charge in [0, 0.05) is 11.6 Å². The number of piperazine rings is 1. The molecule has 2 heterocycles. The van der Waals surface area contributed by atoms with Gasteiger partial charge in [-0.05, 0) is 25.0 Å². The van der Waals surface area contributed by atoms with Gasteiger partial charge in [-0.25, -0.2) is 0 Å². The number of rotatable bonds is 4. The lowest BCUT2D eigenvalue weighted by molar-refractivity contribution is -0.151. The van der Waals surface area contributed by atoms with Crippen molar-refractivity contribution < 1.29 is 9.59 Å². The SMILES string of the molecule is CC(C)C1=NNC2C(=O)N(CC(=O)Nc3ccccc3)C3CCCCC3N12. The van der Waals surface area contributed by atoms with E-state index in [9.17, 15) is 9.59 Å². The van der Waals surface area contributed by atoms with Crippen LogP contribution in [0.1, 0.15) is 39.5 Å². The van der Waals surface area contributed by atoms with E-state index in [-0.39, 0.29) is 36.4 Å². The van der Waals surface area contributed by atoms with E-state index >= 15 is 0 Å². The number of hydrogen-bond donors (Lipinski definition) is 2. The van der Waals surface area contributed by atoms with Gasteiger partial charge in [-0.3, -0.25) is 15.0 Å². The van der Waals surface area contributed by atoms with Crippen LogP contribution in [-0.2, 0) is 9.59 Å². The van der Waals surface area contributed by atoms with Gasteiger partial charge >= 0.3 is 0 Å². The van der Waals surface area contributed by atoms with Crippen LogP contribution in [0.4, 0.5) is 5.69 Å². The van der Waals surface area contributed by atoms with Crippen LogP contribution in [-0.4, -0.2) is 52.2 Å². The molecule has 2 fully saturated rings. The molecule has 0 aromatic heterocycles. The molecule has 1 saturated heterocycles. The minimum absolute atomic E-state index is 0.0549. The highest BCUT2D eigenvalue weighted by molar-refractivity contribution is 5.98. The average molecular weight is 369 g/mol. The topological polar surface area (TPSA) is 77.0 Å². The Morgan fingerprint density at radius 1 is 1.22 bits per heavy atom. The molecule has 2 N–H and O–H groups in total. The van der Waals surface area contributed by atoms with Crippen LogP contribution in [0.5, 0.6) is 0 Å². The molecule has 2 aliphatic heterocycles. The Bertz CT molecular complexity index is 748. The van der Waals surface area contributed by atoms with Crippen LogP contribution < -0.4 is 10.7 Å². The van der Waals surface area contributed by atoms with Crippen molar-refractivity contribution in [1.29, 1.82) is 0 Å². The summed E-state index contributed by atoms with van der Waals surface area (Å²) >= 11 is 0. The quantitative estimate of drug-likeness (QED) is 0.851. The third kappa shape index (κ3) is 3.26. The number of amides is 2. The number of carbonyl (C=O) groups is 2. The van der Waals surface area contributed by atoms with Gasteiger partial charge in [-0.2, -0.15) is 5.10 Å². The number of hydrazone groups is 1. The van der Waals surface area contributed by atoms with Gasteiger partial charge in [-0.1, -0.05) is 44.9 Å². The second-order valence-corrected chi connectivity index (χ2v) is 7.86. The highest BCUT2D eigenvalue weighted by Crippen LogP contribution is 2.35. The van der Waals surface area contributed by atoms with Crippen LogP contribution in [0.25, 0.3) is 0 Å². The molecule has 2 amide bonds. The van der Waals surface area contributed by atoms with Gasteiger partial charge in [0.15, 0.2) is 6.17 Å². The first-order chi connectivity index (χ1) is 13.1. The highest BCUT2D eigenvalue weighted by atomic mass is 16.2. The highest BCUT2D eigenvalue weighted by Gasteiger charge is 2.51. The average Bonchev–Trinajstić information content (AvgIpc) is 3.12. The molecule has 27 heavy (non-hydrogen) atoms. The van der Waals surface area contributed by atoms with E-state index in [2.05, 4.69) is 34.6 Å². The second kappa shape index (κ2) is 7.21. The van der Waals surface area contributed by atoms with E-state index < -0.39 is 6.17 Å². The van der Waals surface area contributed by atoms with Gasteiger partial charge in [0.1, 0.15) is 12.4 Å². The zero-order valence-electron chi connectivity index (χ0n) is 15.9. The predicted molar refractivity (Wildman–Crippen MR) is 104 cm³/mol. The lowest BCUT2D eigenvalue weighted by Gasteiger charge is -2.51. The Hall–Kier alpha value is -2.57. The number of fused-ring (bicyclic) bond motifs is 3. The lowest BCUT2D eigenvalue weighted by Crippen LogP contribution is -2.70. The number of para-hydroxylation sites is 1. The molecule has 1 aliphatic carbocycles. The number of amidine groups is 1. The Morgan fingerprint density at radius 2 is 1.93 bits per heavy atom. The molecule has 4 rings (SSSR count). The molecule has 144 valence electrons. The first kappa shape index (κ1) is 17.8. The van der Waals surface area contributed by atoms with Crippen LogP contribution in [0.3, 0.4) is 0 Å². The van der Waals surface area contributed by atoms with Gasteiger partial charge in [0.2, 0.25) is 5.91 Å². The fraction of sp³-hybridized carbons (Fsp3) is 0.550. The molecule has 7 heteroatoms. The summed E-state index contributed by atoms with van der Waals surface area (Å²) in [6.45, 7) is 4.29. The Balaban J connectivity index is 1.53. The number of nitrogens with zero attached hydrogens (tertiary/aromatic N) is 3. The van der Waals surface area contributed by atoms with E-state index in [1.165, 1.54) is 0 Å². The van der Waals surface area contributed by atoms with E-state index in [0.29, 0.717) is 0 Å². The second-order valence-electron chi connectivity index (χ2n) is 7.86. The molecule has 1 aromatic rings. The summed E-state index contributed by atoms with van der Waals surface area (Å²) in [5.74, 6) is 1.00. The minimum atomic E-state index is -0.480. The molecule has 0 bridgehead atoms. The summed E-state index contributed by atoms with van der Waals surface area (Å²) in [6, 6.07) is 9.65.